The van der Waals surface area contributed by atoms with Crippen molar-refractivity contribution in [3.63, 3.8) is 0 Å². The molecule has 2 unspecified atom stereocenters. The number of nitrogens with zero attached hydrogens (tertiary/aromatic N) is 1. The maximum atomic E-state index is 9.34. The van der Waals surface area contributed by atoms with E-state index in [9.17, 15) is 5.26 Å². The molecule has 1 aromatic carbocycles. The summed E-state index contributed by atoms with van der Waals surface area (Å²) in [6.07, 6.45) is 1.75. The van der Waals surface area contributed by atoms with Gasteiger partial charge in [0.1, 0.15) is 11.3 Å². The summed E-state index contributed by atoms with van der Waals surface area (Å²) < 4.78 is 5.95. The second-order valence-corrected chi connectivity index (χ2v) is 6.19. The second kappa shape index (κ2) is 8.05. The van der Waals surface area contributed by atoms with Crippen LogP contribution in [0.3, 0.4) is 0 Å². The molecule has 116 valence electrons. The minimum absolute atomic E-state index is 0.280. The lowest BCUT2D eigenvalue weighted by Gasteiger charge is -2.26. The molecule has 0 fully saturated rings. The van der Waals surface area contributed by atoms with Crippen LogP contribution in [0.1, 0.15) is 58.9 Å². The summed E-state index contributed by atoms with van der Waals surface area (Å²) in [6.45, 7) is 11.0. The first-order valence-electron chi connectivity index (χ1n) is 7.82. The summed E-state index contributed by atoms with van der Waals surface area (Å²) in [5.74, 6) is 1.43. The SMILES string of the molecule is CCC(C)c1ccccc1OCCC(C)(C#N)NC(C)C. The zero-order valence-electron chi connectivity index (χ0n) is 13.9. The minimum Gasteiger partial charge on any atom is -0.493 e. The third-order valence-corrected chi connectivity index (χ3v) is 3.78. The smallest absolute Gasteiger partial charge is 0.122 e. The number of nitrogens with one attached hydrogen (secondary N) is 1. The molecule has 0 bridgehead atoms. The maximum absolute atomic E-state index is 9.34. The van der Waals surface area contributed by atoms with E-state index in [0.717, 1.165) is 12.2 Å². The molecule has 0 saturated heterocycles. The van der Waals surface area contributed by atoms with Gasteiger partial charge in [-0.15, -0.1) is 0 Å². The third-order valence-electron chi connectivity index (χ3n) is 3.78. The third kappa shape index (κ3) is 5.40. The van der Waals surface area contributed by atoms with Crippen molar-refractivity contribution < 1.29 is 4.74 Å². The monoisotopic (exact) mass is 288 g/mol. The van der Waals surface area contributed by atoms with Gasteiger partial charge >= 0.3 is 0 Å². The van der Waals surface area contributed by atoms with Gasteiger partial charge in [0, 0.05) is 12.5 Å². The van der Waals surface area contributed by atoms with E-state index in [0.29, 0.717) is 18.9 Å². The van der Waals surface area contributed by atoms with Crippen LogP contribution in [-0.2, 0) is 0 Å². The van der Waals surface area contributed by atoms with Crippen LogP contribution < -0.4 is 10.1 Å². The molecule has 3 nitrogen and oxygen atoms in total. The Morgan fingerprint density at radius 3 is 2.52 bits per heavy atom. The van der Waals surface area contributed by atoms with Gasteiger partial charge in [-0.25, -0.2) is 0 Å². The number of nitriles is 1. The quantitative estimate of drug-likeness (QED) is 0.777. The Hall–Kier alpha value is -1.53. The Labute approximate surface area is 129 Å². The van der Waals surface area contributed by atoms with Crippen molar-refractivity contribution in [1.29, 1.82) is 5.26 Å². The number of benzene rings is 1. The van der Waals surface area contributed by atoms with Crippen LogP contribution in [0.5, 0.6) is 5.75 Å². The van der Waals surface area contributed by atoms with Gasteiger partial charge in [0.05, 0.1) is 12.7 Å². The lowest BCUT2D eigenvalue weighted by molar-refractivity contribution is 0.257. The fraction of sp³-hybridized carbons (Fsp3) is 0.611. The van der Waals surface area contributed by atoms with Crippen molar-refractivity contribution in [2.75, 3.05) is 6.61 Å². The molecule has 0 spiro atoms. The number of hydrogen-bond donors (Lipinski definition) is 1. The predicted molar refractivity (Wildman–Crippen MR) is 87.5 cm³/mol. The summed E-state index contributed by atoms with van der Waals surface area (Å²) >= 11 is 0. The molecule has 2 atom stereocenters. The van der Waals surface area contributed by atoms with E-state index in [1.54, 1.807) is 0 Å². The van der Waals surface area contributed by atoms with Crippen LogP contribution in [0, 0.1) is 11.3 Å². The summed E-state index contributed by atoms with van der Waals surface area (Å²) in [5.41, 5.74) is 0.704. The highest BCUT2D eigenvalue weighted by Gasteiger charge is 2.24. The van der Waals surface area contributed by atoms with Gasteiger partial charge < -0.3 is 4.74 Å². The molecule has 0 aliphatic carbocycles. The van der Waals surface area contributed by atoms with Gasteiger partial charge in [-0.2, -0.15) is 5.26 Å². The molecule has 0 heterocycles. The highest BCUT2D eigenvalue weighted by atomic mass is 16.5. The maximum Gasteiger partial charge on any atom is 0.122 e. The van der Waals surface area contributed by atoms with Crippen molar-refractivity contribution in [3.05, 3.63) is 29.8 Å². The Balaban J connectivity index is 2.66. The molecule has 0 radical (unpaired) electrons. The van der Waals surface area contributed by atoms with Crippen LogP contribution in [0.4, 0.5) is 0 Å². The predicted octanol–water partition coefficient (Wildman–Crippen LogP) is 4.25. The molecule has 1 N–H and O–H groups in total. The van der Waals surface area contributed by atoms with E-state index < -0.39 is 5.54 Å². The molecular weight excluding hydrogens is 260 g/mol. The summed E-state index contributed by atoms with van der Waals surface area (Å²) in [4.78, 5) is 0. The fourth-order valence-corrected chi connectivity index (χ4v) is 2.40. The highest BCUT2D eigenvalue weighted by Crippen LogP contribution is 2.28. The summed E-state index contributed by atoms with van der Waals surface area (Å²) in [5, 5.41) is 12.6. The number of hydrogen-bond acceptors (Lipinski definition) is 3. The van der Waals surface area contributed by atoms with Crippen molar-refractivity contribution >= 4 is 0 Å². The van der Waals surface area contributed by atoms with Gasteiger partial charge in [-0.05, 0) is 44.7 Å². The first-order valence-corrected chi connectivity index (χ1v) is 7.82. The summed E-state index contributed by atoms with van der Waals surface area (Å²) in [6, 6.07) is 10.8. The number of para-hydroxylation sites is 1. The van der Waals surface area contributed by atoms with Crippen LogP contribution in [-0.4, -0.2) is 18.2 Å². The first-order chi connectivity index (χ1) is 9.91. The van der Waals surface area contributed by atoms with Crippen molar-refractivity contribution in [2.45, 2.75) is 65.0 Å². The van der Waals surface area contributed by atoms with E-state index >= 15 is 0 Å². The van der Waals surface area contributed by atoms with Gasteiger partial charge in [0.25, 0.3) is 0 Å². The Morgan fingerprint density at radius 1 is 1.29 bits per heavy atom. The van der Waals surface area contributed by atoms with Gasteiger partial charge in [0.15, 0.2) is 0 Å². The molecule has 1 rings (SSSR count). The van der Waals surface area contributed by atoms with Crippen LogP contribution in [0.2, 0.25) is 0 Å². The normalized spacial score (nSPS) is 15.3. The zero-order valence-corrected chi connectivity index (χ0v) is 13.9. The second-order valence-electron chi connectivity index (χ2n) is 6.19. The van der Waals surface area contributed by atoms with Crippen LogP contribution in [0.25, 0.3) is 0 Å². The minimum atomic E-state index is -0.542. The fourth-order valence-electron chi connectivity index (χ4n) is 2.40. The first kappa shape index (κ1) is 17.5. The van der Waals surface area contributed by atoms with E-state index in [-0.39, 0.29) is 6.04 Å². The largest absolute Gasteiger partial charge is 0.493 e. The Bertz CT molecular complexity index is 478. The van der Waals surface area contributed by atoms with E-state index in [2.05, 4.69) is 45.1 Å². The standard InChI is InChI=1S/C18H28N2O/c1-6-15(4)16-9-7-8-10-17(16)21-12-11-18(5,13-19)20-14(2)3/h7-10,14-15,20H,6,11-12H2,1-5H3. The molecule has 1 aromatic rings. The van der Waals surface area contributed by atoms with Gasteiger partial charge in [-0.3, -0.25) is 5.32 Å². The van der Waals surface area contributed by atoms with Gasteiger partial charge in [-0.1, -0.05) is 32.0 Å². The van der Waals surface area contributed by atoms with Crippen molar-refractivity contribution in [1.82, 2.24) is 5.32 Å². The van der Waals surface area contributed by atoms with Crippen LogP contribution in [0.15, 0.2) is 24.3 Å². The molecule has 0 aliphatic rings. The zero-order chi connectivity index (χ0) is 15.9. The number of rotatable bonds is 8. The van der Waals surface area contributed by atoms with E-state index in [1.807, 2.05) is 25.1 Å². The Kier molecular flexibility index (Phi) is 6.71. The molecule has 0 aromatic heterocycles. The van der Waals surface area contributed by atoms with Crippen molar-refractivity contribution in [3.8, 4) is 11.8 Å². The van der Waals surface area contributed by atoms with Crippen molar-refractivity contribution in [2.24, 2.45) is 0 Å². The van der Waals surface area contributed by atoms with E-state index in [1.165, 1.54) is 5.56 Å². The average molecular weight is 288 g/mol. The molecule has 0 saturated carbocycles. The lowest BCUT2D eigenvalue weighted by atomic mass is 9.97. The molecule has 0 amide bonds. The molecular formula is C18H28N2O. The molecule has 21 heavy (non-hydrogen) atoms. The Morgan fingerprint density at radius 2 is 1.95 bits per heavy atom. The average Bonchev–Trinajstić information content (AvgIpc) is 2.46. The topological polar surface area (TPSA) is 45.0 Å². The number of ether oxygens (including phenoxy) is 1. The van der Waals surface area contributed by atoms with Crippen LogP contribution >= 0.6 is 0 Å². The molecule has 0 aliphatic heterocycles. The lowest BCUT2D eigenvalue weighted by Crippen LogP contribution is -2.45. The summed E-state index contributed by atoms with van der Waals surface area (Å²) in [7, 11) is 0. The molecule has 3 heteroatoms. The van der Waals surface area contributed by atoms with Gasteiger partial charge in [0.2, 0.25) is 0 Å². The van der Waals surface area contributed by atoms with E-state index in [4.69, 9.17) is 4.74 Å². The highest BCUT2D eigenvalue weighted by molar-refractivity contribution is 5.35.